The highest BCUT2D eigenvalue weighted by Crippen LogP contribution is 2.44. The fourth-order valence-electron chi connectivity index (χ4n) is 6.16. The Bertz CT molecular complexity index is 1530. The zero-order valence-electron chi connectivity index (χ0n) is 27.5. The Hall–Kier alpha value is -3.41. The summed E-state index contributed by atoms with van der Waals surface area (Å²) in [5.74, 6) is -0.368. The average Bonchev–Trinajstić information content (AvgIpc) is 3.41. The van der Waals surface area contributed by atoms with Crippen molar-refractivity contribution >= 4 is 42.5 Å². The number of hydrogen-bond donors (Lipinski definition) is 2. The second-order valence-corrected chi connectivity index (χ2v) is 18.5. The van der Waals surface area contributed by atoms with E-state index >= 15 is 0 Å². The molecule has 3 atom stereocenters. The summed E-state index contributed by atoms with van der Waals surface area (Å²) < 4.78 is 14.6. The summed E-state index contributed by atoms with van der Waals surface area (Å²) in [6.07, 6.45) is 4.91. The Labute approximate surface area is 276 Å². The number of rotatable bonds is 13. The van der Waals surface area contributed by atoms with E-state index in [0.29, 0.717) is 24.8 Å². The van der Waals surface area contributed by atoms with E-state index in [9.17, 15) is 19.2 Å². The van der Waals surface area contributed by atoms with Crippen molar-refractivity contribution in [3.63, 3.8) is 0 Å². The first-order valence-electron chi connectivity index (χ1n) is 16.2. The Kier molecular flexibility index (Phi) is 12.3. The van der Waals surface area contributed by atoms with Crippen molar-refractivity contribution in [3.8, 4) is 0 Å². The highest BCUT2D eigenvalue weighted by Gasteiger charge is 2.51. The third kappa shape index (κ3) is 8.29. The summed E-state index contributed by atoms with van der Waals surface area (Å²) in [5, 5.41) is 3.62. The van der Waals surface area contributed by atoms with Gasteiger partial charge >= 0.3 is 11.8 Å². The lowest BCUT2D eigenvalue weighted by atomic mass is 10.1. The third-order valence-electron chi connectivity index (χ3n) is 8.55. The van der Waals surface area contributed by atoms with E-state index in [4.69, 9.17) is 9.16 Å². The lowest BCUT2D eigenvalue weighted by molar-refractivity contribution is -0.120. The average molecular weight is 666 g/mol. The zero-order valence-corrected chi connectivity index (χ0v) is 29.4. The number of nitrogens with zero attached hydrogens (tertiary/aromatic N) is 1. The predicted octanol–water partition coefficient (Wildman–Crippen LogP) is 5.27. The van der Waals surface area contributed by atoms with E-state index in [1.807, 2.05) is 43.3 Å². The van der Waals surface area contributed by atoms with Crippen LogP contribution in [0.25, 0.3) is 0 Å². The lowest BCUT2D eigenvalue weighted by Gasteiger charge is -2.43. The number of alkyl carbamates (subject to hydrolysis) is 1. The van der Waals surface area contributed by atoms with Crippen LogP contribution in [0.5, 0.6) is 0 Å². The van der Waals surface area contributed by atoms with Crippen molar-refractivity contribution in [2.75, 3.05) is 6.61 Å². The van der Waals surface area contributed by atoms with Gasteiger partial charge in [-0.25, -0.2) is 9.59 Å². The van der Waals surface area contributed by atoms with Crippen LogP contribution in [-0.4, -0.2) is 47.8 Å². The molecule has 3 aromatic rings. The van der Waals surface area contributed by atoms with Crippen LogP contribution in [-0.2, 0) is 20.4 Å². The number of imide groups is 1. The lowest BCUT2D eigenvalue weighted by Crippen LogP contribution is -2.67. The molecule has 2 N–H and O–H groups in total. The van der Waals surface area contributed by atoms with Crippen molar-refractivity contribution in [3.05, 3.63) is 93.3 Å². The number of H-pyrrole nitrogens is 1. The number of benzene rings is 2. The maximum atomic E-state index is 13.0. The summed E-state index contributed by atoms with van der Waals surface area (Å²) in [6, 6.07) is 20.6. The first-order chi connectivity index (χ1) is 22.0. The molecule has 46 heavy (non-hydrogen) atoms. The van der Waals surface area contributed by atoms with Gasteiger partial charge in [-0.3, -0.25) is 24.5 Å². The van der Waals surface area contributed by atoms with E-state index in [1.165, 1.54) is 16.3 Å². The number of carbonyl (C=O) groups excluding carboxylic acids is 2. The smallest absolute Gasteiger partial charge is 0.414 e. The van der Waals surface area contributed by atoms with Gasteiger partial charge in [0.2, 0.25) is 5.91 Å². The topological polar surface area (TPSA) is 119 Å². The molecule has 1 aliphatic heterocycles. The number of thioether (sulfide) groups is 1. The molecule has 0 radical (unpaired) electrons. The van der Waals surface area contributed by atoms with Crippen LogP contribution in [0, 0.1) is 0 Å². The number of amides is 2. The fourth-order valence-corrected chi connectivity index (χ4v) is 12.3. The number of hydrogen-bond acceptors (Lipinski definition) is 7. The molecule has 0 unspecified atom stereocenters. The van der Waals surface area contributed by atoms with Gasteiger partial charge < -0.3 is 9.16 Å². The molecule has 248 valence electrons. The van der Waals surface area contributed by atoms with Crippen molar-refractivity contribution in [1.29, 1.82) is 0 Å². The number of carbonyl (C=O) groups is 2. The molecular weight excluding hydrogens is 619 g/mol. The van der Waals surface area contributed by atoms with Gasteiger partial charge in [0, 0.05) is 24.6 Å². The van der Waals surface area contributed by atoms with Crippen LogP contribution >= 0.6 is 11.8 Å². The number of aryl methyl sites for hydroxylation is 1. The minimum absolute atomic E-state index is 0.246. The monoisotopic (exact) mass is 665 g/mol. The normalized spacial score (nSPS) is 18.3. The van der Waals surface area contributed by atoms with Gasteiger partial charge in [-0.05, 0) is 28.3 Å². The molecule has 11 heteroatoms. The standard InChI is InChI=1S/C35H47N3O6SSi/c1-6-8-9-16-21-30(39)36-34(42)44-28-22-31(38-23-25(7-2)32(40)37-33(38)41)45-29(28)24-43-46(35(3,4)5,26-17-12-10-13-18-26)27-19-14-11-15-20-27/h10-15,17-20,23,28-29,31H,6-9,16,21-22,24H2,1-5H3,(H,36,39,42)(H,37,40,41)/t28-,29+,31+/m0/s1. The Morgan fingerprint density at radius 2 is 1.61 bits per heavy atom. The molecule has 1 fully saturated rings. The van der Waals surface area contributed by atoms with Crippen LogP contribution in [0.3, 0.4) is 0 Å². The minimum atomic E-state index is -2.91. The first-order valence-corrected chi connectivity index (χ1v) is 19.1. The molecule has 2 aromatic carbocycles. The van der Waals surface area contributed by atoms with E-state index in [0.717, 1.165) is 29.6 Å². The minimum Gasteiger partial charge on any atom is -0.445 e. The van der Waals surface area contributed by atoms with Crippen molar-refractivity contribution in [2.45, 2.75) is 101 Å². The number of aromatic nitrogens is 2. The summed E-state index contributed by atoms with van der Waals surface area (Å²) in [5.41, 5.74) is -0.419. The van der Waals surface area contributed by atoms with Crippen LogP contribution in [0.15, 0.2) is 76.4 Å². The highest BCUT2D eigenvalue weighted by atomic mass is 32.2. The van der Waals surface area contributed by atoms with E-state index in [-0.39, 0.29) is 29.2 Å². The Morgan fingerprint density at radius 3 is 2.17 bits per heavy atom. The van der Waals surface area contributed by atoms with Crippen molar-refractivity contribution in [2.24, 2.45) is 0 Å². The van der Waals surface area contributed by atoms with E-state index < -0.39 is 37.1 Å². The molecule has 9 nitrogen and oxygen atoms in total. The SMILES string of the molecule is CCCCCCC(=O)NC(=O)O[C@H]1C[C@H](n2cc(CC)c(=O)[nH]c2=O)S[C@@H]1CO[Si](c1ccccc1)(c1ccccc1)C(C)(C)C. The molecule has 1 aromatic heterocycles. The maximum Gasteiger partial charge on any atom is 0.414 e. The second kappa shape index (κ2) is 15.9. The summed E-state index contributed by atoms with van der Waals surface area (Å²) >= 11 is 1.48. The van der Waals surface area contributed by atoms with Gasteiger partial charge in [0.25, 0.3) is 13.9 Å². The van der Waals surface area contributed by atoms with Crippen molar-refractivity contribution < 1.29 is 18.8 Å². The van der Waals surface area contributed by atoms with Gasteiger partial charge in [-0.2, -0.15) is 0 Å². The quantitative estimate of drug-likeness (QED) is 0.189. The van der Waals surface area contributed by atoms with Crippen LogP contribution < -0.4 is 26.9 Å². The highest BCUT2D eigenvalue weighted by molar-refractivity contribution is 8.00. The molecule has 1 aliphatic rings. The first kappa shape index (κ1) is 35.4. The molecule has 0 bridgehead atoms. The van der Waals surface area contributed by atoms with Crippen LogP contribution in [0.2, 0.25) is 5.04 Å². The molecule has 0 saturated carbocycles. The molecule has 0 spiro atoms. The van der Waals surface area contributed by atoms with Gasteiger partial charge in [0.15, 0.2) is 0 Å². The molecule has 2 heterocycles. The Balaban J connectivity index is 1.64. The largest absolute Gasteiger partial charge is 0.445 e. The maximum absolute atomic E-state index is 13.0. The summed E-state index contributed by atoms with van der Waals surface area (Å²) in [4.78, 5) is 53.1. The van der Waals surface area contributed by atoms with E-state index in [1.54, 1.807) is 6.20 Å². The molecule has 0 aliphatic carbocycles. The van der Waals surface area contributed by atoms with E-state index in [2.05, 4.69) is 62.3 Å². The number of unbranched alkanes of at least 4 members (excludes halogenated alkanes) is 3. The predicted molar refractivity (Wildman–Crippen MR) is 186 cm³/mol. The fraction of sp³-hybridized carbons (Fsp3) is 0.486. The number of nitrogens with one attached hydrogen (secondary N) is 2. The van der Waals surface area contributed by atoms with Gasteiger partial charge in [-0.1, -0.05) is 115 Å². The van der Waals surface area contributed by atoms with Gasteiger partial charge in [-0.15, -0.1) is 11.8 Å². The summed E-state index contributed by atoms with van der Waals surface area (Å²) in [7, 11) is -2.91. The van der Waals surface area contributed by atoms with Crippen LogP contribution in [0.1, 0.15) is 84.1 Å². The van der Waals surface area contributed by atoms with Crippen molar-refractivity contribution in [1.82, 2.24) is 14.9 Å². The molecule has 1 saturated heterocycles. The second-order valence-electron chi connectivity index (χ2n) is 12.8. The van der Waals surface area contributed by atoms with Crippen LogP contribution in [0.4, 0.5) is 4.79 Å². The molecule has 2 amide bonds. The molecular formula is C35H47N3O6SSi. The Morgan fingerprint density at radius 1 is 0.978 bits per heavy atom. The third-order valence-corrected chi connectivity index (χ3v) is 15.1. The van der Waals surface area contributed by atoms with Gasteiger partial charge in [0.1, 0.15) is 6.10 Å². The number of ether oxygens (including phenoxy) is 1. The molecule has 4 rings (SSSR count). The summed E-state index contributed by atoms with van der Waals surface area (Å²) in [6.45, 7) is 10.8. The number of aromatic amines is 1. The van der Waals surface area contributed by atoms with Gasteiger partial charge in [0.05, 0.1) is 17.2 Å². The zero-order chi connectivity index (χ0) is 33.3.